The highest BCUT2D eigenvalue weighted by Crippen LogP contribution is 2.36. The van der Waals surface area contributed by atoms with E-state index in [1.54, 1.807) is 7.11 Å². The fourth-order valence-electron chi connectivity index (χ4n) is 2.15. The Balaban J connectivity index is 2.79. The summed E-state index contributed by atoms with van der Waals surface area (Å²) in [6.07, 6.45) is 1.36. The predicted molar refractivity (Wildman–Crippen MR) is 72.9 cm³/mol. The third-order valence-corrected chi connectivity index (χ3v) is 2.92. The van der Waals surface area contributed by atoms with Gasteiger partial charge in [0.05, 0.1) is 20.5 Å². The molecule has 100 valence electrons. The summed E-state index contributed by atoms with van der Waals surface area (Å²) < 4.78 is 10.5. The van der Waals surface area contributed by atoms with Crippen LogP contribution in [-0.4, -0.2) is 24.2 Å². The van der Waals surface area contributed by atoms with Crippen LogP contribution >= 0.6 is 0 Å². The molecule has 0 amide bonds. The molecule has 0 aliphatic carbocycles. The Kier molecular flexibility index (Phi) is 3.55. The van der Waals surface area contributed by atoms with Gasteiger partial charge in [0, 0.05) is 5.56 Å². The van der Waals surface area contributed by atoms with Gasteiger partial charge in [0.1, 0.15) is 11.4 Å². The number of aromatic nitrogens is 2. The highest BCUT2D eigenvalue weighted by atomic mass is 16.5. The van der Waals surface area contributed by atoms with Gasteiger partial charge in [-0.25, -0.2) is 4.98 Å². The summed E-state index contributed by atoms with van der Waals surface area (Å²) in [6.45, 7) is 3.94. The lowest BCUT2D eigenvalue weighted by atomic mass is 10.0. The van der Waals surface area contributed by atoms with Crippen LogP contribution in [0.2, 0.25) is 0 Å². The lowest BCUT2D eigenvalue weighted by molar-refractivity contribution is 0.404. The molecule has 1 aromatic carbocycles. The van der Waals surface area contributed by atoms with Crippen LogP contribution < -0.4 is 15.0 Å². The molecule has 5 heteroatoms. The largest absolute Gasteiger partial charge is 0.496 e. The van der Waals surface area contributed by atoms with Crippen molar-refractivity contribution < 1.29 is 9.47 Å². The fraction of sp³-hybridized carbons (Fsp3) is 0.286. The average molecular weight is 260 g/mol. The number of ether oxygens (including phenoxy) is 2. The van der Waals surface area contributed by atoms with Crippen molar-refractivity contribution in [2.75, 3.05) is 14.2 Å². The lowest BCUT2D eigenvalue weighted by Gasteiger charge is -2.14. The number of aromatic amines is 1. The molecule has 2 aromatic rings. The highest BCUT2D eigenvalue weighted by molar-refractivity contribution is 5.75. The number of rotatable bonds is 3. The second kappa shape index (κ2) is 5.14. The van der Waals surface area contributed by atoms with E-state index in [0.717, 1.165) is 16.7 Å². The molecule has 0 saturated heterocycles. The molecular weight excluding hydrogens is 244 g/mol. The zero-order valence-electron chi connectivity index (χ0n) is 11.4. The minimum Gasteiger partial charge on any atom is -0.496 e. The third kappa shape index (κ3) is 2.31. The van der Waals surface area contributed by atoms with Crippen molar-refractivity contribution in [3.05, 3.63) is 39.9 Å². The van der Waals surface area contributed by atoms with E-state index in [-0.39, 0.29) is 11.3 Å². The smallest absolute Gasteiger partial charge is 0.293 e. The molecule has 0 saturated carbocycles. The van der Waals surface area contributed by atoms with Crippen molar-refractivity contribution in [2.24, 2.45) is 0 Å². The lowest BCUT2D eigenvalue weighted by Crippen LogP contribution is -2.11. The first-order chi connectivity index (χ1) is 9.08. The van der Waals surface area contributed by atoms with Crippen molar-refractivity contribution in [2.45, 2.75) is 13.8 Å². The zero-order valence-corrected chi connectivity index (χ0v) is 11.4. The summed E-state index contributed by atoms with van der Waals surface area (Å²) in [7, 11) is 3.04. The first-order valence-corrected chi connectivity index (χ1v) is 5.85. The van der Waals surface area contributed by atoms with Crippen LogP contribution in [0.25, 0.3) is 11.3 Å². The van der Waals surface area contributed by atoms with Gasteiger partial charge in [-0.3, -0.25) is 4.79 Å². The number of nitrogens with zero attached hydrogens (tertiary/aromatic N) is 1. The van der Waals surface area contributed by atoms with Crippen LogP contribution in [0.4, 0.5) is 0 Å². The van der Waals surface area contributed by atoms with E-state index in [0.29, 0.717) is 11.4 Å². The topological polar surface area (TPSA) is 64.2 Å². The molecule has 0 bridgehead atoms. The Labute approximate surface area is 111 Å². The Bertz CT molecular complexity index is 662. The Morgan fingerprint density at radius 2 is 1.89 bits per heavy atom. The Morgan fingerprint density at radius 3 is 2.53 bits per heavy atom. The maximum Gasteiger partial charge on any atom is 0.293 e. The number of hydrogen-bond donors (Lipinski definition) is 1. The minimum absolute atomic E-state index is 0.188. The van der Waals surface area contributed by atoms with Crippen molar-refractivity contribution >= 4 is 0 Å². The molecule has 0 aliphatic heterocycles. The molecule has 1 heterocycles. The van der Waals surface area contributed by atoms with Crippen molar-refractivity contribution in [3.63, 3.8) is 0 Å². The monoisotopic (exact) mass is 260 g/mol. The number of nitrogens with one attached hydrogen (secondary N) is 1. The number of H-pyrrole nitrogens is 1. The van der Waals surface area contributed by atoms with Gasteiger partial charge in [-0.1, -0.05) is 6.07 Å². The van der Waals surface area contributed by atoms with Gasteiger partial charge in [-0.2, -0.15) is 0 Å². The maximum atomic E-state index is 11.8. The van der Waals surface area contributed by atoms with Crippen LogP contribution in [0.3, 0.4) is 0 Å². The van der Waals surface area contributed by atoms with Crippen LogP contribution in [0.5, 0.6) is 11.5 Å². The van der Waals surface area contributed by atoms with Crippen LogP contribution in [0, 0.1) is 13.8 Å². The van der Waals surface area contributed by atoms with Gasteiger partial charge < -0.3 is 14.5 Å². The predicted octanol–water partition coefficient (Wildman–Crippen LogP) is 2.07. The molecule has 5 nitrogen and oxygen atoms in total. The van der Waals surface area contributed by atoms with Gasteiger partial charge >= 0.3 is 0 Å². The van der Waals surface area contributed by atoms with E-state index in [9.17, 15) is 4.79 Å². The van der Waals surface area contributed by atoms with Crippen molar-refractivity contribution in [1.82, 2.24) is 9.97 Å². The van der Waals surface area contributed by atoms with E-state index in [4.69, 9.17) is 9.47 Å². The maximum absolute atomic E-state index is 11.8. The third-order valence-electron chi connectivity index (χ3n) is 2.92. The molecule has 1 N–H and O–H groups in total. The Morgan fingerprint density at radius 1 is 1.16 bits per heavy atom. The molecule has 19 heavy (non-hydrogen) atoms. The minimum atomic E-state index is -0.311. The number of aryl methyl sites for hydroxylation is 2. The molecule has 0 unspecified atom stereocenters. The van der Waals surface area contributed by atoms with E-state index < -0.39 is 0 Å². The first-order valence-electron chi connectivity index (χ1n) is 5.85. The van der Waals surface area contributed by atoms with Gasteiger partial charge in [0.15, 0.2) is 0 Å². The summed E-state index contributed by atoms with van der Waals surface area (Å²) >= 11 is 0. The normalized spacial score (nSPS) is 10.3. The molecule has 0 fully saturated rings. The molecular formula is C14H16N2O3. The van der Waals surface area contributed by atoms with E-state index in [2.05, 4.69) is 9.97 Å². The fourth-order valence-corrected chi connectivity index (χ4v) is 2.15. The quantitative estimate of drug-likeness (QED) is 0.917. The standard InChI is InChI=1S/C14H16N2O3/c1-8-5-9(2)11(10(6-8)18-3)12-13(19-4)14(17)16-7-15-12/h5-7H,1-4H3,(H,15,16,17). The molecule has 0 atom stereocenters. The Hall–Kier alpha value is -2.30. The summed E-state index contributed by atoms with van der Waals surface area (Å²) in [5, 5.41) is 0. The highest BCUT2D eigenvalue weighted by Gasteiger charge is 2.18. The van der Waals surface area contributed by atoms with Gasteiger partial charge in [-0.15, -0.1) is 0 Å². The van der Waals surface area contributed by atoms with E-state index >= 15 is 0 Å². The van der Waals surface area contributed by atoms with Crippen LogP contribution in [-0.2, 0) is 0 Å². The average Bonchev–Trinajstić information content (AvgIpc) is 2.37. The summed E-state index contributed by atoms with van der Waals surface area (Å²) in [5.74, 6) is 0.863. The summed E-state index contributed by atoms with van der Waals surface area (Å²) in [6, 6.07) is 3.92. The molecule has 0 radical (unpaired) electrons. The molecule has 0 aliphatic rings. The van der Waals surface area contributed by atoms with E-state index in [1.807, 2.05) is 26.0 Å². The second-order valence-corrected chi connectivity index (χ2v) is 4.27. The van der Waals surface area contributed by atoms with Gasteiger partial charge in [0.2, 0.25) is 5.75 Å². The molecule has 2 rings (SSSR count). The number of benzene rings is 1. The van der Waals surface area contributed by atoms with Crippen LogP contribution in [0.15, 0.2) is 23.3 Å². The first kappa shape index (κ1) is 13.1. The van der Waals surface area contributed by atoms with E-state index in [1.165, 1.54) is 13.4 Å². The number of methoxy groups -OCH3 is 2. The molecule has 1 aromatic heterocycles. The SMILES string of the molecule is COc1cc(C)cc(C)c1-c1nc[nH]c(=O)c1OC. The van der Waals surface area contributed by atoms with Crippen LogP contribution in [0.1, 0.15) is 11.1 Å². The molecule has 0 spiro atoms. The van der Waals surface area contributed by atoms with Crippen molar-refractivity contribution in [3.8, 4) is 22.8 Å². The van der Waals surface area contributed by atoms with Gasteiger partial charge in [0.25, 0.3) is 5.56 Å². The summed E-state index contributed by atoms with van der Waals surface area (Å²) in [4.78, 5) is 18.5. The van der Waals surface area contributed by atoms with Gasteiger partial charge in [-0.05, 0) is 31.0 Å². The number of hydrogen-bond acceptors (Lipinski definition) is 4. The summed E-state index contributed by atoms with van der Waals surface area (Å²) in [5.41, 5.74) is 3.02. The second-order valence-electron chi connectivity index (χ2n) is 4.27. The van der Waals surface area contributed by atoms with Crippen molar-refractivity contribution in [1.29, 1.82) is 0 Å². The zero-order chi connectivity index (χ0) is 14.0.